The molecule has 0 bridgehead atoms. The first-order valence-corrected chi connectivity index (χ1v) is 6.72. The molecule has 0 aromatic heterocycles. The number of nitrogens with two attached hydrogens (primary N) is 1. The number of halogens is 1. The Morgan fingerprint density at radius 1 is 1.48 bits per heavy atom. The summed E-state index contributed by atoms with van der Waals surface area (Å²) in [7, 11) is 0. The Hall–Kier alpha value is -2.11. The number of amidine groups is 1. The second-order valence-electron chi connectivity index (χ2n) is 6.19. The van der Waals surface area contributed by atoms with Gasteiger partial charge in [0.25, 0.3) is 0 Å². The monoisotopic (exact) mass is 295 g/mol. The molecule has 0 radical (unpaired) electrons. The molecule has 1 unspecified atom stereocenters. The van der Waals surface area contributed by atoms with Crippen LogP contribution in [0.4, 0.5) is 10.1 Å². The molecule has 0 heterocycles. The lowest BCUT2D eigenvalue weighted by Gasteiger charge is -2.26. The van der Waals surface area contributed by atoms with E-state index in [9.17, 15) is 9.18 Å². The molecule has 0 aliphatic carbocycles. The third-order valence-corrected chi connectivity index (χ3v) is 3.61. The molecular formula is C15H22FN3O2. The van der Waals surface area contributed by atoms with Crippen LogP contribution in [-0.2, 0) is 4.79 Å². The number of amides is 1. The summed E-state index contributed by atoms with van der Waals surface area (Å²) in [6.45, 7) is 8.18. The molecule has 116 valence electrons. The number of nitrogens with one attached hydrogen (secondary N) is 1. The number of oxime groups is 1. The van der Waals surface area contributed by atoms with Crippen LogP contribution in [0.15, 0.2) is 23.4 Å². The number of anilines is 1. The van der Waals surface area contributed by atoms with Gasteiger partial charge in [0.15, 0.2) is 5.84 Å². The van der Waals surface area contributed by atoms with Crippen molar-refractivity contribution in [1.82, 2.24) is 0 Å². The van der Waals surface area contributed by atoms with Crippen molar-refractivity contribution in [3.8, 4) is 0 Å². The molecule has 0 saturated carbocycles. The Morgan fingerprint density at radius 3 is 2.62 bits per heavy atom. The van der Waals surface area contributed by atoms with Gasteiger partial charge in [0.2, 0.25) is 5.91 Å². The van der Waals surface area contributed by atoms with Crippen molar-refractivity contribution in [1.29, 1.82) is 0 Å². The van der Waals surface area contributed by atoms with Gasteiger partial charge in [-0.15, -0.1) is 0 Å². The fourth-order valence-corrected chi connectivity index (χ4v) is 1.68. The van der Waals surface area contributed by atoms with E-state index in [-0.39, 0.29) is 28.6 Å². The van der Waals surface area contributed by atoms with Gasteiger partial charge in [-0.05, 0) is 29.5 Å². The standard InChI is InChI=1S/C15H22FN3O2/c1-9(15(2,3)4)7-13(20)18-12-6-5-10(16)8-11(12)14(17)19-21/h5-6,8-9,21H,7H2,1-4H3,(H2,17,19)(H,18,20). The van der Waals surface area contributed by atoms with Crippen LogP contribution in [-0.4, -0.2) is 17.0 Å². The minimum atomic E-state index is -0.530. The average Bonchev–Trinajstić information content (AvgIpc) is 2.38. The fourth-order valence-electron chi connectivity index (χ4n) is 1.68. The molecule has 5 nitrogen and oxygen atoms in total. The van der Waals surface area contributed by atoms with Crippen molar-refractivity contribution in [2.75, 3.05) is 5.32 Å². The lowest BCUT2D eigenvalue weighted by Crippen LogP contribution is -2.25. The molecule has 1 aromatic carbocycles. The molecule has 0 fully saturated rings. The molecule has 0 aliphatic heterocycles. The summed E-state index contributed by atoms with van der Waals surface area (Å²) in [6.07, 6.45) is 0.330. The van der Waals surface area contributed by atoms with E-state index in [1.807, 2.05) is 6.92 Å². The van der Waals surface area contributed by atoms with Crippen LogP contribution in [0.25, 0.3) is 0 Å². The van der Waals surface area contributed by atoms with Crippen molar-refractivity contribution in [3.63, 3.8) is 0 Å². The van der Waals surface area contributed by atoms with E-state index in [0.29, 0.717) is 12.1 Å². The second kappa shape index (κ2) is 6.56. The third kappa shape index (κ3) is 4.73. The van der Waals surface area contributed by atoms with Crippen molar-refractivity contribution >= 4 is 17.4 Å². The second-order valence-corrected chi connectivity index (χ2v) is 6.19. The Labute approximate surface area is 124 Å². The molecule has 0 spiro atoms. The maximum Gasteiger partial charge on any atom is 0.224 e. The van der Waals surface area contributed by atoms with Crippen LogP contribution >= 0.6 is 0 Å². The van der Waals surface area contributed by atoms with Crippen molar-refractivity contribution < 1.29 is 14.4 Å². The summed E-state index contributed by atoms with van der Waals surface area (Å²) in [4.78, 5) is 12.1. The van der Waals surface area contributed by atoms with Gasteiger partial charge in [-0.2, -0.15) is 0 Å². The summed E-state index contributed by atoms with van der Waals surface area (Å²) >= 11 is 0. The summed E-state index contributed by atoms with van der Waals surface area (Å²) in [5.41, 5.74) is 5.97. The summed E-state index contributed by atoms with van der Waals surface area (Å²) < 4.78 is 13.2. The minimum absolute atomic E-state index is 0.00848. The van der Waals surface area contributed by atoms with Crippen LogP contribution in [0.3, 0.4) is 0 Å². The Balaban J connectivity index is 2.91. The number of nitrogens with zero attached hydrogens (tertiary/aromatic N) is 1. The van der Waals surface area contributed by atoms with Crippen LogP contribution in [0.5, 0.6) is 0 Å². The van der Waals surface area contributed by atoms with Crippen LogP contribution in [0.2, 0.25) is 0 Å². The van der Waals surface area contributed by atoms with Gasteiger partial charge in [-0.3, -0.25) is 4.79 Å². The third-order valence-electron chi connectivity index (χ3n) is 3.61. The van der Waals surface area contributed by atoms with Crippen molar-refractivity contribution in [2.24, 2.45) is 22.2 Å². The predicted octanol–water partition coefficient (Wildman–Crippen LogP) is 2.93. The van der Waals surface area contributed by atoms with Crippen LogP contribution in [0, 0.1) is 17.2 Å². The van der Waals surface area contributed by atoms with Crippen LogP contribution < -0.4 is 11.1 Å². The highest BCUT2D eigenvalue weighted by Crippen LogP contribution is 2.28. The van der Waals surface area contributed by atoms with E-state index in [1.165, 1.54) is 12.1 Å². The van der Waals surface area contributed by atoms with Crippen molar-refractivity contribution in [2.45, 2.75) is 34.1 Å². The normalized spacial score (nSPS) is 13.9. The summed E-state index contributed by atoms with van der Waals surface area (Å²) in [5.74, 6) is -0.812. The van der Waals surface area contributed by atoms with Gasteiger partial charge in [0, 0.05) is 12.0 Å². The fraction of sp³-hybridized carbons (Fsp3) is 0.467. The molecule has 1 aromatic rings. The minimum Gasteiger partial charge on any atom is -0.409 e. The van der Waals surface area contributed by atoms with E-state index in [0.717, 1.165) is 6.07 Å². The van der Waals surface area contributed by atoms with E-state index in [1.54, 1.807) is 0 Å². The lowest BCUT2D eigenvalue weighted by atomic mass is 9.80. The van der Waals surface area contributed by atoms with Crippen LogP contribution in [0.1, 0.15) is 39.7 Å². The van der Waals surface area contributed by atoms with Crippen molar-refractivity contribution in [3.05, 3.63) is 29.6 Å². The molecule has 1 rings (SSSR count). The number of carbonyl (C=O) groups is 1. The average molecular weight is 295 g/mol. The highest BCUT2D eigenvalue weighted by molar-refractivity contribution is 6.05. The van der Waals surface area contributed by atoms with Gasteiger partial charge in [0.05, 0.1) is 5.69 Å². The molecule has 1 amide bonds. The number of benzene rings is 1. The Bertz CT molecular complexity index is 550. The van der Waals surface area contributed by atoms with Gasteiger partial charge in [-0.25, -0.2) is 4.39 Å². The Kier molecular flexibility index (Phi) is 5.29. The topological polar surface area (TPSA) is 87.7 Å². The van der Waals surface area contributed by atoms with Gasteiger partial charge >= 0.3 is 0 Å². The number of hydrogen-bond acceptors (Lipinski definition) is 3. The lowest BCUT2D eigenvalue weighted by molar-refractivity contribution is -0.117. The SMILES string of the molecule is CC(CC(=O)Nc1ccc(F)cc1/C(N)=N/O)C(C)(C)C. The molecule has 6 heteroatoms. The number of rotatable bonds is 4. The van der Waals surface area contributed by atoms with E-state index in [4.69, 9.17) is 10.9 Å². The maximum atomic E-state index is 13.2. The zero-order valence-corrected chi connectivity index (χ0v) is 12.8. The zero-order chi connectivity index (χ0) is 16.2. The summed E-state index contributed by atoms with van der Waals surface area (Å²) in [5, 5.41) is 14.2. The molecule has 21 heavy (non-hydrogen) atoms. The van der Waals surface area contributed by atoms with Gasteiger partial charge < -0.3 is 16.3 Å². The Morgan fingerprint density at radius 2 is 2.10 bits per heavy atom. The van der Waals surface area contributed by atoms with Gasteiger partial charge in [0.1, 0.15) is 5.82 Å². The predicted molar refractivity (Wildman–Crippen MR) is 80.8 cm³/mol. The molecule has 0 aliphatic rings. The quantitative estimate of drug-likeness (QED) is 0.345. The van der Waals surface area contributed by atoms with E-state index >= 15 is 0 Å². The molecule has 1 atom stereocenters. The largest absolute Gasteiger partial charge is 0.409 e. The number of hydrogen-bond donors (Lipinski definition) is 3. The molecular weight excluding hydrogens is 273 g/mol. The highest BCUT2D eigenvalue weighted by Gasteiger charge is 2.23. The van der Waals surface area contributed by atoms with E-state index in [2.05, 4.69) is 31.2 Å². The smallest absolute Gasteiger partial charge is 0.224 e. The first-order valence-electron chi connectivity index (χ1n) is 6.72. The molecule has 0 saturated heterocycles. The maximum absolute atomic E-state index is 13.2. The molecule has 4 N–H and O–H groups in total. The zero-order valence-electron chi connectivity index (χ0n) is 12.8. The number of carbonyl (C=O) groups excluding carboxylic acids is 1. The first-order chi connectivity index (χ1) is 9.65. The van der Waals surface area contributed by atoms with Gasteiger partial charge in [-0.1, -0.05) is 32.9 Å². The summed E-state index contributed by atoms with van der Waals surface area (Å²) in [6, 6.07) is 3.71. The first kappa shape index (κ1) is 16.9. The highest BCUT2D eigenvalue weighted by atomic mass is 19.1. The van der Waals surface area contributed by atoms with E-state index < -0.39 is 5.82 Å².